The smallest absolute Gasteiger partial charge is 0.416 e. The summed E-state index contributed by atoms with van der Waals surface area (Å²) in [6.45, 7) is 9.73. The van der Waals surface area contributed by atoms with Gasteiger partial charge in [-0.15, -0.1) is 0 Å². The number of anilines is 2. The lowest BCUT2D eigenvalue weighted by Crippen LogP contribution is -2.37. The maximum absolute atomic E-state index is 13.4. The number of rotatable bonds is 10. The van der Waals surface area contributed by atoms with E-state index in [2.05, 4.69) is 20.6 Å². The summed E-state index contributed by atoms with van der Waals surface area (Å²) in [4.78, 5) is 23.4. The molecule has 36 heavy (non-hydrogen) atoms. The lowest BCUT2D eigenvalue weighted by atomic mass is 10.1. The number of allylic oxidation sites excluding steroid dienone is 3. The molecule has 1 aliphatic heterocycles. The average molecular weight is 512 g/mol. The summed E-state index contributed by atoms with van der Waals surface area (Å²) in [6.07, 6.45) is -0.207. The van der Waals surface area contributed by atoms with Crippen molar-refractivity contribution in [2.75, 3.05) is 43.6 Å². The normalized spacial score (nSPS) is 14.9. The summed E-state index contributed by atoms with van der Waals surface area (Å²) < 4.78 is 51.4. The van der Waals surface area contributed by atoms with Crippen molar-refractivity contribution in [1.29, 1.82) is 0 Å². The first kappa shape index (κ1) is 29.2. The molecule has 8 nitrogen and oxygen atoms in total. The first-order valence-corrected chi connectivity index (χ1v) is 12.4. The van der Waals surface area contributed by atoms with E-state index in [9.17, 15) is 18.0 Å². The number of ketones is 1. The summed E-state index contributed by atoms with van der Waals surface area (Å²) in [5, 5.41) is 5.56. The van der Waals surface area contributed by atoms with Gasteiger partial charge in [-0.25, -0.2) is 4.98 Å². The number of Topliss-reactive ketones (excluding diaryl/α,β-unsaturated/α-hetero) is 1. The number of furan rings is 1. The van der Waals surface area contributed by atoms with Crippen LogP contribution in [0.15, 0.2) is 34.0 Å². The summed E-state index contributed by atoms with van der Waals surface area (Å²) in [6, 6.07) is 1.56. The van der Waals surface area contributed by atoms with Crippen molar-refractivity contribution in [3.63, 3.8) is 0 Å². The third kappa shape index (κ3) is 7.71. The number of nitrogens with zero attached hydrogens (tertiary/aromatic N) is 3. The van der Waals surface area contributed by atoms with E-state index in [1.807, 2.05) is 25.7 Å². The van der Waals surface area contributed by atoms with Gasteiger partial charge in [-0.3, -0.25) is 4.79 Å². The van der Waals surface area contributed by atoms with Crippen LogP contribution in [0.2, 0.25) is 0 Å². The molecule has 200 valence electrons. The van der Waals surface area contributed by atoms with Crippen molar-refractivity contribution in [1.82, 2.24) is 15.3 Å². The fraction of sp³-hybridized carbons (Fsp3) is 0.560. The van der Waals surface area contributed by atoms with Gasteiger partial charge in [0.1, 0.15) is 11.3 Å². The first-order valence-electron chi connectivity index (χ1n) is 12.4. The highest BCUT2D eigenvalue weighted by Crippen LogP contribution is 2.31. The highest BCUT2D eigenvalue weighted by atomic mass is 19.4. The van der Waals surface area contributed by atoms with Gasteiger partial charge in [0, 0.05) is 32.6 Å². The van der Waals surface area contributed by atoms with Crippen LogP contribution in [0.3, 0.4) is 0 Å². The highest BCUT2D eigenvalue weighted by molar-refractivity contribution is 5.98. The number of fused-ring (bicyclic) bond motifs is 1. The Morgan fingerprint density at radius 1 is 1.19 bits per heavy atom. The molecule has 11 heteroatoms. The molecular formula is C25H36F3N5O3. The maximum Gasteiger partial charge on any atom is 0.416 e. The minimum Gasteiger partial charge on any atom is -0.447 e. The summed E-state index contributed by atoms with van der Waals surface area (Å²) in [7, 11) is 1.50. The second-order valence-electron chi connectivity index (χ2n) is 7.82. The van der Waals surface area contributed by atoms with Gasteiger partial charge >= 0.3 is 6.18 Å². The van der Waals surface area contributed by atoms with Crippen molar-refractivity contribution in [3.8, 4) is 0 Å². The number of carbonyl (C=O) groups is 1. The number of ether oxygens (including phenoxy) is 1. The summed E-state index contributed by atoms with van der Waals surface area (Å²) >= 11 is 0. The second-order valence-corrected chi connectivity index (χ2v) is 7.82. The zero-order valence-corrected chi connectivity index (χ0v) is 21.6. The van der Waals surface area contributed by atoms with Crippen molar-refractivity contribution in [3.05, 3.63) is 35.4 Å². The fourth-order valence-electron chi connectivity index (χ4n) is 3.48. The van der Waals surface area contributed by atoms with Crippen LogP contribution < -0.4 is 15.5 Å². The number of hydrogen-bond donors (Lipinski definition) is 2. The van der Waals surface area contributed by atoms with Crippen LogP contribution in [0.25, 0.3) is 11.1 Å². The van der Waals surface area contributed by atoms with E-state index in [0.29, 0.717) is 49.6 Å². The number of unbranched alkanes of at least 4 members (excludes halogenated alkanes) is 1. The zero-order chi connectivity index (χ0) is 26.7. The molecule has 1 saturated heterocycles. The molecule has 2 N–H and O–H groups in total. The molecule has 0 aromatic carbocycles. The Balaban J connectivity index is 0.00000222. The van der Waals surface area contributed by atoms with E-state index in [0.717, 1.165) is 25.0 Å². The molecule has 1 fully saturated rings. The molecule has 0 bridgehead atoms. The number of hydrogen-bond acceptors (Lipinski definition) is 8. The van der Waals surface area contributed by atoms with E-state index in [1.54, 1.807) is 13.0 Å². The highest BCUT2D eigenvalue weighted by Gasteiger charge is 2.32. The molecular weight excluding hydrogens is 475 g/mol. The van der Waals surface area contributed by atoms with Crippen LogP contribution in [-0.4, -0.2) is 55.3 Å². The van der Waals surface area contributed by atoms with Crippen LogP contribution in [0.5, 0.6) is 0 Å². The molecule has 0 unspecified atom stereocenters. The average Bonchev–Trinajstić information content (AvgIpc) is 3.31. The van der Waals surface area contributed by atoms with Gasteiger partial charge in [0.15, 0.2) is 22.9 Å². The predicted molar refractivity (Wildman–Crippen MR) is 135 cm³/mol. The van der Waals surface area contributed by atoms with Gasteiger partial charge in [0.2, 0.25) is 5.95 Å². The molecule has 0 amide bonds. The standard InChI is InChI=1S/C23H30F3N5O3.C2H6/c1-4-6-8-17(32)18-14-16-20(34-18)21(31-9-11-33-12-10-31)30-22(28-16)29-19(27-3)13-15(7-5-2)23(24,25)26;1-2/h7,13-14,27H,4-6,8-12H2,1-3H3,(H,28,29,30);1-2H3/b15-7+,19-13+;. The Morgan fingerprint density at radius 2 is 1.89 bits per heavy atom. The molecule has 2 aromatic rings. The molecule has 0 spiro atoms. The third-order valence-corrected chi connectivity index (χ3v) is 5.26. The van der Waals surface area contributed by atoms with Crippen molar-refractivity contribution >= 4 is 28.6 Å². The molecule has 2 aromatic heterocycles. The van der Waals surface area contributed by atoms with E-state index >= 15 is 0 Å². The monoisotopic (exact) mass is 511 g/mol. The Kier molecular flexibility index (Phi) is 11.2. The third-order valence-electron chi connectivity index (χ3n) is 5.26. The summed E-state index contributed by atoms with van der Waals surface area (Å²) in [5.74, 6) is 0.686. The second kappa shape index (κ2) is 13.9. The molecule has 0 atom stereocenters. The first-order chi connectivity index (χ1) is 17.3. The van der Waals surface area contributed by atoms with Gasteiger partial charge in [-0.1, -0.05) is 40.2 Å². The van der Waals surface area contributed by atoms with Gasteiger partial charge in [-0.05, 0) is 18.9 Å². The van der Waals surface area contributed by atoms with E-state index in [1.165, 1.54) is 7.05 Å². The van der Waals surface area contributed by atoms with E-state index in [-0.39, 0.29) is 29.7 Å². The molecule has 0 radical (unpaired) electrons. The number of aromatic nitrogens is 2. The minimum absolute atomic E-state index is 0.0760. The topological polar surface area (TPSA) is 92.5 Å². The number of halogens is 3. The molecule has 3 rings (SSSR count). The number of nitrogens with one attached hydrogen (secondary N) is 2. The predicted octanol–water partition coefficient (Wildman–Crippen LogP) is 5.83. The molecule has 1 aliphatic rings. The quantitative estimate of drug-likeness (QED) is 0.304. The van der Waals surface area contributed by atoms with Crippen LogP contribution in [-0.2, 0) is 4.74 Å². The maximum atomic E-state index is 13.4. The number of carbonyl (C=O) groups excluding carboxylic acids is 1. The van der Waals surface area contributed by atoms with Crippen molar-refractivity contribution < 1.29 is 27.1 Å². The largest absolute Gasteiger partial charge is 0.447 e. The van der Waals surface area contributed by atoms with Crippen molar-refractivity contribution in [2.45, 2.75) is 59.6 Å². The van der Waals surface area contributed by atoms with Crippen LogP contribution >= 0.6 is 0 Å². The van der Waals surface area contributed by atoms with Crippen LogP contribution in [0.4, 0.5) is 24.9 Å². The Morgan fingerprint density at radius 3 is 2.47 bits per heavy atom. The van der Waals surface area contributed by atoms with E-state index in [4.69, 9.17) is 9.15 Å². The summed E-state index contributed by atoms with van der Waals surface area (Å²) in [5.41, 5.74) is -0.0213. The Labute approximate surface area is 210 Å². The Bertz CT molecular complexity index is 1060. The van der Waals surface area contributed by atoms with Gasteiger partial charge in [0.25, 0.3) is 0 Å². The van der Waals surface area contributed by atoms with Crippen molar-refractivity contribution in [2.24, 2.45) is 0 Å². The molecule has 0 saturated carbocycles. The lowest BCUT2D eigenvalue weighted by Gasteiger charge is -2.27. The Hall–Kier alpha value is -3.08. The van der Waals surface area contributed by atoms with Crippen LogP contribution in [0, 0.1) is 0 Å². The van der Waals surface area contributed by atoms with Gasteiger partial charge in [0.05, 0.1) is 18.8 Å². The molecule has 3 heterocycles. The minimum atomic E-state index is -4.50. The number of morpholine rings is 1. The van der Waals surface area contributed by atoms with E-state index < -0.39 is 11.7 Å². The number of alkyl halides is 3. The van der Waals surface area contributed by atoms with Gasteiger partial charge < -0.3 is 24.7 Å². The SMILES string of the molecule is CC.CC/C=C(\C=C(/NC)Nc1nc(N2CCOCC2)c2oc(C(=O)CCCC)cc2n1)C(F)(F)F. The lowest BCUT2D eigenvalue weighted by molar-refractivity contribution is -0.0885. The van der Waals surface area contributed by atoms with Crippen LogP contribution in [0.1, 0.15) is 63.9 Å². The fourth-order valence-corrected chi connectivity index (χ4v) is 3.48. The zero-order valence-electron chi connectivity index (χ0n) is 21.6. The van der Waals surface area contributed by atoms with Gasteiger partial charge in [-0.2, -0.15) is 18.2 Å². The molecule has 0 aliphatic carbocycles.